The van der Waals surface area contributed by atoms with Crippen LogP contribution in [-0.2, 0) is 14.8 Å². The van der Waals surface area contributed by atoms with E-state index in [1.54, 1.807) is 30.5 Å². The number of piperidine rings is 1. The summed E-state index contributed by atoms with van der Waals surface area (Å²) in [6.45, 7) is 2.96. The summed E-state index contributed by atoms with van der Waals surface area (Å²) in [4.78, 5) is 0. The fourth-order valence-electron chi connectivity index (χ4n) is 3.23. The van der Waals surface area contributed by atoms with Crippen LogP contribution in [0, 0.1) is 6.92 Å². The molecule has 0 bridgehead atoms. The van der Waals surface area contributed by atoms with Crippen LogP contribution < -0.4 is 0 Å². The van der Waals surface area contributed by atoms with E-state index < -0.39 is 10.0 Å². The summed E-state index contributed by atoms with van der Waals surface area (Å²) in [7, 11) is -2.01. The predicted octanol–water partition coefficient (Wildman–Crippen LogP) is 3.21. The van der Waals surface area contributed by atoms with Crippen LogP contribution in [0.15, 0.2) is 32.2 Å². The zero-order valence-corrected chi connectivity index (χ0v) is 15.4. The highest BCUT2D eigenvalue weighted by molar-refractivity contribution is 7.89. The van der Waals surface area contributed by atoms with Crippen LogP contribution in [0.5, 0.6) is 0 Å². The van der Waals surface area contributed by atoms with Gasteiger partial charge in [0.25, 0.3) is 10.0 Å². The molecule has 0 amide bonds. The first-order valence-electron chi connectivity index (χ1n) is 8.56. The van der Waals surface area contributed by atoms with Gasteiger partial charge in [-0.25, -0.2) is 8.42 Å². The Kier molecular flexibility index (Phi) is 5.61. The van der Waals surface area contributed by atoms with E-state index in [4.69, 9.17) is 13.7 Å². The summed E-state index contributed by atoms with van der Waals surface area (Å²) in [6, 6.07) is 4.80. The highest BCUT2D eigenvalue weighted by Gasteiger charge is 2.35. The highest BCUT2D eigenvalue weighted by atomic mass is 32.2. The molecule has 3 heterocycles. The van der Waals surface area contributed by atoms with Crippen molar-refractivity contribution in [3.05, 3.63) is 23.9 Å². The lowest BCUT2D eigenvalue weighted by atomic mass is 10.0. The third-order valence-electron chi connectivity index (χ3n) is 4.47. The Morgan fingerprint density at radius 3 is 2.88 bits per heavy atom. The fourth-order valence-corrected chi connectivity index (χ4v) is 4.87. The van der Waals surface area contributed by atoms with Crippen molar-refractivity contribution < 1.29 is 22.1 Å². The van der Waals surface area contributed by atoms with Crippen molar-refractivity contribution in [2.24, 2.45) is 0 Å². The Labute approximate surface area is 148 Å². The van der Waals surface area contributed by atoms with Crippen LogP contribution in [0.3, 0.4) is 0 Å². The molecule has 2 aromatic rings. The number of aryl methyl sites for hydroxylation is 1. The van der Waals surface area contributed by atoms with E-state index in [9.17, 15) is 8.42 Å². The van der Waals surface area contributed by atoms with Crippen LogP contribution in [0.25, 0.3) is 11.5 Å². The number of hydrogen-bond donors (Lipinski definition) is 0. The van der Waals surface area contributed by atoms with Crippen molar-refractivity contribution in [1.29, 1.82) is 0 Å². The zero-order chi connectivity index (χ0) is 17.9. The van der Waals surface area contributed by atoms with E-state index in [-0.39, 0.29) is 11.1 Å². The van der Waals surface area contributed by atoms with E-state index in [2.05, 4.69) is 5.16 Å². The molecule has 1 atom stereocenters. The molecule has 0 aliphatic carbocycles. The van der Waals surface area contributed by atoms with Crippen molar-refractivity contribution in [2.45, 2.75) is 50.2 Å². The quantitative estimate of drug-likeness (QED) is 0.698. The molecule has 0 aromatic carbocycles. The van der Waals surface area contributed by atoms with E-state index in [1.807, 2.05) is 0 Å². The minimum Gasteiger partial charge on any atom is -0.440 e. The molecule has 0 unspecified atom stereocenters. The maximum absolute atomic E-state index is 13.0. The lowest BCUT2D eigenvalue weighted by molar-refractivity contribution is 0.171. The van der Waals surface area contributed by atoms with E-state index >= 15 is 0 Å². The van der Waals surface area contributed by atoms with Crippen LogP contribution in [0.2, 0.25) is 0 Å². The van der Waals surface area contributed by atoms with Gasteiger partial charge in [-0.05, 0) is 44.7 Å². The van der Waals surface area contributed by atoms with Gasteiger partial charge in [0.1, 0.15) is 0 Å². The topological polar surface area (TPSA) is 85.8 Å². The second kappa shape index (κ2) is 7.72. The number of hydrogen-bond acceptors (Lipinski definition) is 6. The number of sulfonamides is 1. The fraction of sp³-hybridized carbons (Fsp3) is 0.588. The molecule has 7 nitrogen and oxygen atoms in total. The number of furan rings is 1. The van der Waals surface area contributed by atoms with Gasteiger partial charge in [-0.2, -0.15) is 4.31 Å². The first-order valence-corrected chi connectivity index (χ1v) is 10.0. The van der Waals surface area contributed by atoms with Gasteiger partial charge in [-0.15, -0.1) is 0 Å². The third kappa shape index (κ3) is 3.96. The van der Waals surface area contributed by atoms with Crippen LogP contribution >= 0.6 is 0 Å². The Morgan fingerprint density at radius 1 is 1.32 bits per heavy atom. The molecule has 1 aliphatic heterocycles. The molecule has 1 saturated heterocycles. The number of rotatable bonds is 7. The SMILES string of the molecule is COCCC[C@@H]1CCCCN1S(=O)(=O)c1ccc(-c2cc(C)no2)o1. The monoisotopic (exact) mass is 368 g/mol. The largest absolute Gasteiger partial charge is 0.440 e. The summed E-state index contributed by atoms with van der Waals surface area (Å²) in [5.41, 5.74) is 0.713. The first kappa shape index (κ1) is 18.2. The van der Waals surface area contributed by atoms with Gasteiger partial charge in [0.05, 0.1) is 5.69 Å². The van der Waals surface area contributed by atoms with Crippen LogP contribution in [-0.4, -0.2) is 44.2 Å². The lowest BCUT2D eigenvalue weighted by Gasteiger charge is -2.34. The molecule has 8 heteroatoms. The Hall–Kier alpha value is -1.64. The Balaban J connectivity index is 1.80. The van der Waals surface area contributed by atoms with Crippen molar-refractivity contribution in [3.63, 3.8) is 0 Å². The molecule has 1 fully saturated rings. The molecule has 138 valence electrons. The molecule has 1 aliphatic rings. The highest BCUT2D eigenvalue weighted by Crippen LogP contribution is 2.31. The summed E-state index contributed by atoms with van der Waals surface area (Å²) in [5.74, 6) is 0.793. The van der Waals surface area contributed by atoms with Gasteiger partial charge in [0, 0.05) is 32.4 Å². The zero-order valence-electron chi connectivity index (χ0n) is 14.6. The molecule has 0 radical (unpaired) electrons. The van der Waals surface area contributed by atoms with Crippen molar-refractivity contribution in [3.8, 4) is 11.5 Å². The standard InChI is InChI=1S/C17H24N2O5S/c1-13-12-16(24-18-13)15-8-9-17(23-15)25(20,21)19-10-4-3-6-14(19)7-5-11-22-2/h8-9,12,14H,3-7,10-11H2,1-2H3/t14-/m0/s1. The normalized spacial score (nSPS) is 19.4. The summed E-state index contributed by atoms with van der Waals surface area (Å²) in [6.07, 6.45) is 4.42. The molecule has 3 rings (SSSR count). The van der Waals surface area contributed by atoms with Gasteiger partial charge < -0.3 is 13.7 Å². The van der Waals surface area contributed by atoms with Crippen molar-refractivity contribution >= 4 is 10.0 Å². The maximum Gasteiger partial charge on any atom is 0.276 e. The first-order chi connectivity index (χ1) is 12.0. The van der Waals surface area contributed by atoms with Crippen LogP contribution in [0.4, 0.5) is 0 Å². The molecular weight excluding hydrogens is 344 g/mol. The summed E-state index contributed by atoms with van der Waals surface area (Å²) in [5, 5.41) is 3.76. The number of aromatic nitrogens is 1. The molecule has 25 heavy (non-hydrogen) atoms. The minimum absolute atomic E-state index is 0.00465. The molecule has 0 spiro atoms. The van der Waals surface area contributed by atoms with Gasteiger partial charge in [-0.1, -0.05) is 11.6 Å². The van der Waals surface area contributed by atoms with Gasteiger partial charge in [0.15, 0.2) is 5.76 Å². The maximum atomic E-state index is 13.0. The Morgan fingerprint density at radius 2 is 2.16 bits per heavy atom. The third-order valence-corrected chi connectivity index (χ3v) is 6.30. The van der Waals surface area contributed by atoms with Gasteiger partial charge >= 0.3 is 0 Å². The van der Waals surface area contributed by atoms with Gasteiger partial charge in [0.2, 0.25) is 10.9 Å². The number of ether oxygens (including phenoxy) is 1. The van der Waals surface area contributed by atoms with Crippen LogP contribution in [0.1, 0.15) is 37.8 Å². The lowest BCUT2D eigenvalue weighted by Crippen LogP contribution is -2.43. The summed E-state index contributed by atoms with van der Waals surface area (Å²) >= 11 is 0. The molecular formula is C17H24N2O5S. The van der Waals surface area contributed by atoms with Gasteiger partial charge in [-0.3, -0.25) is 0 Å². The second-order valence-electron chi connectivity index (χ2n) is 6.35. The van der Waals surface area contributed by atoms with Crippen molar-refractivity contribution in [1.82, 2.24) is 9.46 Å². The predicted molar refractivity (Wildman–Crippen MR) is 91.6 cm³/mol. The van der Waals surface area contributed by atoms with Crippen molar-refractivity contribution in [2.75, 3.05) is 20.3 Å². The molecule has 0 saturated carbocycles. The average molecular weight is 368 g/mol. The second-order valence-corrected chi connectivity index (χ2v) is 8.17. The number of nitrogens with zero attached hydrogens (tertiary/aromatic N) is 2. The van der Waals surface area contributed by atoms with E-state index in [0.717, 1.165) is 32.1 Å². The average Bonchev–Trinajstić information content (AvgIpc) is 3.24. The minimum atomic E-state index is -3.66. The number of methoxy groups -OCH3 is 1. The summed E-state index contributed by atoms with van der Waals surface area (Å²) < 4.78 is 43.5. The Bertz CT molecular complexity index is 796. The van der Waals surface area contributed by atoms with E-state index in [1.165, 1.54) is 6.07 Å². The van der Waals surface area contributed by atoms with E-state index in [0.29, 0.717) is 30.4 Å². The molecule has 2 aromatic heterocycles. The molecule has 0 N–H and O–H groups in total. The smallest absolute Gasteiger partial charge is 0.276 e.